The minimum Gasteiger partial charge on any atom is -0.394 e. The molecule has 0 aromatic carbocycles. The van der Waals surface area contributed by atoms with E-state index >= 15 is 0 Å². The number of allylic oxidation sites excluding steroid dienone is 2. The molecule has 0 spiro atoms. The minimum absolute atomic E-state index is 0.265. The summed E-state index contributed by atoms with van der Waals surface area (Å²) in [6, 6.07) is -1.17. The molecule has 11 nitrogen and oxygen atoms in total. The van der Waals surface area contributed by atoms with Crippen molar-refractivity contribution in [3.05, 3.63) is 12.2 Å². The van der Waals surface area contributed by atoms with Gasteiger partial charge in [0.2, 0.25) is 5.91 Å². The largest absolute Gasteiger partial charge is 0.394 e. The van der Waals surface area contributed by atoms with Gasteiger partial charge in [-0.05, 0) is 38.5 Å². The first-order valence-electron chi connectivity index (χ1n) is 38.6. The number of aliphatic hydroxyl groups excluding tert-OH is 7. The van der Waals surface area contributed by atoms with Crippen molar-refractivity contribution in [1.29, 1.82) is 0 Å². The predicted molar refractivity (Wildman–Crippen MR) is 367 cm³/mol. The van der Waals surface area contributed by atoms with Crippen molar-refractivity contribution in [2.45, 2.75) is 454 Å². The molecule has 8 N–H and O–H groups in total. The molecule has 1 aliphatic heterocycles. The number of rotatable bonds is 69. The fourth-order valence-corrected chi connectivity index (χ4v) is 12.9. The first-order valence-corrected chi connectivity index (χ1v) is 38.6. The number of nitrogens with one attached hydrogen (secondary N) is 1. The SMILES string of the molecule is CCCCCCCCCCCCCCCC/C=C\CCCCCCCCCCCCCCCCCCC(O)C(=O)NC(COC1OC(CO)C(O)C(O)C1O)C(O)C(O)CCCCCCCCCCCCCCCCCCCCCCCCCCCC. The summed E-state index contributed by atoms with van der Waals surface area (Å²) in [4.78, 5) is 13.3. The molecular formula is C76H149NO10. The lowest BCUT2D eigenvalue weighted by atomic mass is 9.98. The average molecular weight is 1240 g/mol. The van der Waals surface area contributed by atoms with Crippen molar-refractivity contribution in [2.75, 3.05) is 13.2 Å². The Morgan fingerprint density at radius 2 is 0.667 bits per heavy atom. The van der Waals surface area contributed by atoms with Gasteiger partial charge in [0.1, 0.15) is 36.6 Å². The van der Waals surface area contributed by atoms with Crippen LogP contribution >= 0.6 is 0 Å². The zero-order chi connectivity index (χ0) is 63.1. The quantitative estimate of drug-likeness (QED) is 0.0215. The molecule has 1 aliphatic rings. The van der Waals surface area contributed by atoms with Crippen LogP contribution in [0.15, 0.2) is 12.2 Å². The van der Waals surface area contributed by atoms with Gasteiger partial charge in [0.05, 0.1) is 25.4 Å². The molecule has 9 unspecified atom stereocenters. The molecule has 0 aromatic heterocycles. The maximum atomic E-state index is 13.3. The third-order valence-corrected chi connectivity index (χ3v) is 19.1. The molecule has 1 amide bonds. The maximum Gasteiger partial charge on any atom is 0.249 e. The van der Waals surface area contributed by atoms with Crippen molar-refractivity contribution in [2.24, 2.45) is 0 Å². The number of unbranched alkanes of at least 4 members (excludes halogenated alkanes) is 55. The highest BCUT2D eigenvalue weighted by atomic mass is 16.7. The van der Waals surface area contributed by atoms with Gasteiger partial charge in [-0.3, -0.25) is 4.79 Å². The van der Waals surface area contributed by atoms with Crippen LogP contribution in [-0.2, 0) is 14.3 Å². The Balaban J connectivity index is 2.14. The monoisotopic (exact) mass is 1240 g/mol. The van der Waals surface area contributed by atoms with Crippen LogP contribution in [-0.4, -0.2) is 110 Å². The van der Waals surface area contributed by atoms with Crippen LogP contribution in [0.25, 0.3) is 0 Å². The molecule has 1 heterocycles. The van der Waals surface area contributed by atoms with Gasteiger partial charge in [-0.25, -0.2) is 0 Å². The lowest BCUT2D eigenvalue weighted by Gasteiger charge is -2.40. The number of hydrogen-bond donors (Lipinski definition) is 8. The van der Waals surface area contributed by atoms with E-state index in [0.717, 1.165) is 38.5 Å². The van der Waals surface area contributed by atoms with E-state index in [2.05, 4.69) is 31.3 Å². The molecule has 0 radical (unpaired) electrons. The van der Waals surface area contributed by atoms with Crippen LogP contribution in [0.1, 0.15) is 399 Å². The van der Waals surface area contributed by atoms with Gasteiger partial charge >= 0.3 is 0 Å². The van der Waals surface area contributed by atoms with Gasteiger partial charge in [-0.15, -0.1) is 0 Å². The molecule has 518 valence electrons. The predicted octanol–water partition coefficient (Wildman–Crippen LogP) is 19.4. The lowest BCUT2D eigenvalue weighted by Crippen LogP contribution is -2.60. The first-order chi connectivity index (χ1) is 42.7. The van der Waals surface area contributed by atoms with Gasteiger partial charge in [0.15, 0.2) is 6.29 Å². The molecule has 0 saturated carbocycles. The second-order valence-electron chi connectivity index (χ2n) is 27.4. The topological polar surface area (TPSA) is 189 Å². The highest BCUT2D eigenvalue weighted by molar-refractivity contribution is 5.80. The summed E-state index contributed by atoms with van der Waals surface area (Å²) in [5.74, 6) is -0.687. The molecule has 1 saturated heterocycles. The molecule has 9 atom stereocenters. The zero-order valence-corrected chi connectivity index (χ0v) is 57.5. The van der Waals surface area contributed by atoms with Crippen LogP contribution < -0.4 is 5.32 Å². The number of aliphatic hydroxyl groups is 7. The molecular weight excluding hydrogens is 1090 g/mol. The second-order valence-corrected chi connectivity index (χ2v) is 27.4. The van der Waals surface area contributed by atoms with E-state index in [1.807, 2.05) is 0 Å². The van der Waals surface area contributed by atoms with E-state index in [4.69, 9.17) is 9.47 Å². The molecule has 1 fully saturated rings. The summed E-state index contributed by atoms with van der Waals surface area (Å²) in [5, 5.41) is 76.7. The van der Waals surface area contributed by atoms with Gasteiger partial charge < -0.3 is 50.5 Å². The van der Waals surface area contributed by atoms with Crippen LogP contribution in [0.4, 0.5) is 0 Å². The molecule has 1 rings (SSSR count). The Morgan fingerprint density at radius 3 is 0.966 bits per heavy atom. The number of carbonyl (C=O) groups excluding carboxylic acids is 1. The molecule has 87 heavy (non-hydrogen) atoms. The van der Waals surface area contributed by atoms with Crippen molar-refractivity contribution < 1.29 is 50.0 Å². The van der Waals surface area contributed by atoms with E-state index in [-0.39, 0.29) is 6.42 Å². The Kier molecular flexibility index (Phi) is 62.6. The highest BCUT2D eigenvalue weighted by Gasteiger charge is 2.44. The van der Waals surface area contributed by atoms with E-state index in [1.54, 1.807) is 0 Å². The minimum atomic E-state index is -1.66. The normalized spacial score (nSPS) is 18.7. The third kappa shape index (κ3) is 52.0. The molecule has 0 aliphatic carbocycles. The summed E-state index contributed by atoms with van der Waals surface area (Å²) in [7, 11) is 0. The standard InChI is InChI=1S/C76H149NO10/c1-3-5-7-9-11-13-15-17-19-21-23-25-27-29-31-32-33-34-35-36-37-38-40-42-44-46-48-50-52-54-56-58-60-62-64-69(80)75(85)77-67(66-86-76-74(84)73(83)72(82)70(65-78)87-76)71(81)68(79)63-61-59-57-55-53-51-49-47-45-43-41-39-30-28-26-24-22-20-18-16-14-12-10-8-6-4-2/h32-33,67-74,76,78-84H,3-31,34-66H2,1-2H3,(H,77,85)/b33-32-. The first kappa shape index (κ1) is 83.9. The van der Waals surface area contributed by atoms with Crippen LogP contribution in [0.3, 0.4) is 0 Å². The second kappa shape index (κ2) is 64.9. The van der Waals surface area contributed by atoms with Crippen molar-refractivity contribution >= 4 is 5.91 Å². The van der Waals surface area contributed by atoms with Crippen LogP contribution in [0, 0.1) is 0 Å². The third-order valence-electron chi connectivity index (χ3n) is 19.1. The summed E-state index contributed by atoms with van der Waals surface area (Å²) < 4.78 is 11.2. The van der Waals surface area contributed by atoms with Gasteiger partial charge in [-0.2, -0.15) is 0 Å². The Hall–Kier alpha value is -1.15. The van der Waals surface area contributed by atoms with Crippen LogP contribution in [0.2, 0.25) is 0 Å². The number of carbonyl (C=O) groups is 1. The molecule has 11 heteroatoms. The van der Waals surface area contributed by atoms with Crippen molar-refractivity contribution in [3.63, 3.8) is 0 Å². The van der Waals surface area contributed by atoms with Gasteiger partial charge in [0.25, 0.3) is 0 Å². The van der Waals surface area contributed by atoms with Gasteiger partial charge in [0, 0.05) is 0 Å². The highest BCUT2D eigenvalue weighted by Crippen LogP contribution is 2.24. The smallest absolute Gasteiger partial charge is 0.249 e. The molecule has 0 bridgehead atoms. The van der Waals surface area contributed by atoms with Crippen molar-refractivity contribution in [3.8, 4) is 0 Å². The number of amides is 1. The summed E-state index contributed by atoms with van der Waals surface area (Å²) >= 11 is 0. The van der Waals surface area contributed by atoms with Gasteiger partial charge in [-0.1, -0.05) is 373 Å². The fourth-order valence-electron chi connectivity index (χ4n) is 12.9. The summed E-state index contributed by atoms with van der Waals surface area (Å²) in [6.07, 6.45) is 70.3. The van der Waals surface area contributed by atoms with E-state index in [0.29, 0.717) is 19.3 Å². The maximum absolute atomic E-state index is 13.3. The number of ether oxygens (including phenoxy) is 2. The Labute approximate surface area is 538 Å². The number of hydrogen-bond acceptors (Lipinski definition) is 10. The Bertz CT molecular complexity index is 1420. The summed E-state index contributed by atoms with van der Waals surface area (Å²) in [5.41, 5.74) is 0. The fraction of sp³-hybridized carbons (Fsp3) is 0.961. The van der Waals surface area contributed by atoms with Crippen LogP contribution in [0.5, 0.6) is 0 Å². The summed E-state index contributed by atoms with van der Waals surface area (Å²) in [6.45, 7) is 3.53. The van der Waals surface area contributed by atoms with E-state index < -0.39 is 74.2 Å². The van der Waals surface area contributed by atoms with E-state index in [9.17, 15) is 40.5 Å². The average Bonchev–Trinajstić information content (AvgIpc) is 1.97. The van der Waals surface area contributed by atoms with E-state index in [1.165, 1.54) is 321 Å². The zero-order valence-electron chi connectivity index (χ0n) is 57.5. The van der Waals surface area contributed by atoms with Crippen molar-refractivity contribution in [1.82, 2.24) is 5.32 Å². The molecule has 0 aromatic rings. The lowest BCUT2D eigenvalue weighted by molar-refractivity contribution is -0.303. The Morgan fingerprint density at radius 1 is 0.391 bits per heavy atom.